The number of hydrogen-bond acceptors (Lipinski definition) is 4. The lowest BCUT2D eigenvalue weighted by atomic mass is 9.97. The molecular weight excluding hydrogens is 338 g/mol. The lowest BCUT2D eigenvalue weighted by Gasteiger charge is -2.35. The van der Waals surface area contributed by atoms with E-state index in [0.717, 1.165) is 48.1 Å². The quantitative estimate of drug-likeness (QED) is 0.549. The van der Waals surface area contributed by atoms with Crippen molar-refractivity contribution in [3.8, 4) is 0 Å². The van der Waals surface area contributed by atoms with Crippen molar-refractivity contribution in [1.82, 2.24) is 24.5 Å². The van der Waals surface area contributed by atoms with Crippen molar-refractivity contribution in [2.24, 2.45) is 0 Å². The van der Waals surface area contributed by atoms with Gasteiger partial charge in [-0.15, -0.1) is 0 Å². The molecule has 0 spiro atoms. The minimum Gasteiger partial charge on any atom is -0.330 e. The predicted octanol–water partition coefficient (Wildman–Crippen LogP) is 3.64. The van der Waals surface area contributed by atoms with Crippen LogP contribution >= 0.6 is 0 Å². The van der Waals surface area contributed by atoms with Crippen LogP contribution < -0.4 is 0 Å². The van der Waals surface area contributed by atoms with Crippen LogP contribution in [0.1, 0.15) is 41.4 Å². The molecule has 0 aliphatic carbocycles. The summed E-state index contributed by atoms with van der Waals surface area (Å²) in [5, 5.41) is 5.10. The molecule has 4 heterocycles. The summed E-state index contributed by atoms with van der Waals surface area (Å²) in [5.41, 5.74) is 3.28. The molecule has 27 heavy (non-hydrogen) atoms. The van der Waals surface area contributed by atoms with E-state index in [1.165, 1.54) is 0 Å². The maximum absolute atomic E-state index is 13.5. The predicted molar refractivity (Wildman–Crippen MR) is 102 cm³/mol. The third kappa shape index (κ3) is 2.73. The maximum Gasteiger partial charge on any atom is 0.255 e. The minimum atomic E-state index is -0.0157. The number of benzene rings is 1. The molecule has 1 aliphatic heterocycles. The van der Waals surface area contributed by atoms with Gasteiger partial charge < -0.3 is 4.90 Å². The van der Waals surface area contributed by atoms with Gasteiger partial charge in [-0.3, -0.25) is 9.78 Å². The highest BCUT2D eigenvalue weighted by Crippen LogP contribution is 2.32. The number of nitrogens with zero attached hydrogens (tertiary/aromatic N) is 5. The molecule has 0 radical (unpaired) electrons. The van der Waals surface area contributed by atoms with Gasteiger partial charge in [-0.05, 0) is 43.5 Å². The third-order valence-corrected chi connectivity index (χ3v) is 5.26. The number of rotatable bonds is 2. The van der Waals surface area contributed by atoms with Gasteiger partial charge in [0.1, 0.15) is 0 Å². The molecule has 1 aromatic carbocycles. The second-order valence-corrected chi connectivity index (χ2v) is 6.87. The average Bonchev–Trinajstić information content (AvgIpc) is 3.21. The Balaban J connectivity index is 1.55. The Labute approximate surface area is 156 Å². The fraction of sp³-hybridized carbons (Fsp3) is 0.238. The van der Waals surface area contributed by atoms with E-state index in [9.17, 15) is 4.79 Å². The van der Waals surface area contributed by atoms with E-state index in [2.05, 4.69) is 10.1 Å². The Morgan fingerprint density at radius 3 is 2.96 bits per heavy atom. The molecular formula is C21H19N5O. The van der Waals surface area contributed by atoms with Crippen LogP contribution in [0.4, 0.5) is 0 Å². The molecule has 0 bridgehead atoms. The highest BCUT2D eigenvalue weighted by molar-refractivity contribution is 6.06. The number of hydrogen-bond donors (Lipinski definition) is 0. The van der Waals surface area contributed by atoms with E-state index in [0.29, 0.717) is 5.56 Å². The SMILES string of the molecule is O=C(c1cccc2ncccc12)N1CCCC[C@@H]1c1ccn2nccc2n1. The van der Waals surface area contributed by atoms with E-state index >= 15 is 0 Å². The molecule has 3 aromatic heterocycles. The smallest absolute Gasteiger partial charge is 0.255 e. The summed E-state index contributed by atoms with van der Waals surface area (Å²) in [4.78, 5) is 24.6. The summed E-state index contributed by atoms with van der Waals surface area (Å²) in [6.07, 6.45) is 8.44. The van der Waals surface area contributed by atoms with Crippen LogP contribution in [0.25, 0.3) is 16.6 Å². The standard InChI is InChI=1S/C21H19N5O/c27-21(16-5-3-7-17-15(16)6-4-11-22-17)25-13-2-1-8-19(25)18-10-14-26-20(24-18)9-12-23-26/h3-7,9-12,14,19H,1-2,8,13H2/t19-/m1/s1. The molecule has 0 saturated carbocycles. The van der Waals surface area contributed by atoms with Crippen LogP contribution in [0.15, 0.2) is 61.1 Å². The molecule has 0 unspecified atom stereocenters. The molecule has 0 N–H and O–H groups in total. The van der Waals surface area contributed by atoms with Crippen LogP contribution in [-0.2, 0) is 0 Å². The average molecular weight is 357 g/mol. The van der Waals surface area contributed by atoms with Crippen molar-refractivity contribution < 1.29 is 4.79 Å². The number of piperidine rings is 1. The fourth-order valence-electron chi connectivity index (χ4n) is 3.94. The van der Waals surface area contributed by atoms with Crippen molar-refractivity contribution in [3.05, 3.63) is 72.3 Å². The summed E-state index contributed by atoms with van der Waals surface area (Å²) in [5.74, 6) is 0.0495. The van der Waals surface area contributed by atoms with Crippen LogP contribution in [-0.4, -0.2) is 36.9 Å². The second kappa shape index (κ2) is 6.46. The van der Waals surface area contributed by atoms with E-state index in [1.807, 2.05) is 53.6 Å². The summed E-state index contributed by atoms with van der Waals surface area (Å²) < 4.78 is 1.74. The van der Waals surface area contributed by atoms with Crippen molar-refractivity contribution in [3.63, 3.8) is 0 Å². The number of likely N-dealkylation sites (tertiary alicyclic amines) is 1. The lowest BCUT2D eigenvalue weighted by molar-refractivity contribution is 0.0608. The van der Waals surface area contributed by atoms with E-state index in [-0.39, 0.29) is 11.9 Å². The van der Waals surface area contributed by atoms with Crippen molar-refractivity contribution in [1.29, 1.82) is 0 Å². The molecule has 6 nitrogen and oxygen atoms in total. The molecule has 1 atom stereocenters. The summed E-state index contributed by atoms with van der Waals surface area (Å²) in [7, 11) is 0. The first-order valence-corrected chi connectivity index (χ1v) is 9.26. The Kier molecular flexibility index (Phi) is 3.81. The normalized spacial score (nSPS) is 17.5. The molecule has 5 rings (SSSR count). The third-order valence-electron chi connectivity index (χ3n) is 5.26. The van der Waals surface area contributed by atoms with E-state index < -0.39 is 0 Å². The lowest BCUT2D eigenvalue weighted by Crippen LogP contribution is -2.39. The van der Waals surface area contributed by atoms with Crippen molar-refractivity contribution in [2.45, 2.75) is 25.3 Å². The van der Waals surface area contributed by atoms with Crippen molar-refractivity contribution in [2.75, 3.05) is 6.54 Å². The van der Waals surface area contributed by atoms with Crippen LogP contribution in [0.2, 0.25) is 0 Å². The zero-order valence-corrected chi connectivity index (χ0v) is 14.8. The van der Waals surface area contributed by atoms with E-state index in [4.69, 9.17) is 4.98 Å². The van der Waals surface area contributed by atoms with Crippen LogP contribution in [0.3, 0.4) is 0 Å². The van der Waals surface area contributed by atoms with Gasteiger partial charge >= 0.3 is 0 Å². The summed E-state index contributed by atoms with van der Waals surface area (Å²) in [6.45, 7) is 0.742. The monoisotopic (exact) mass is 357 g/mol. The number of fused-ring (bicyclic) bond motifs is 2. The molecule has 134 valence electrons. The Morgan fingerprint density at radius 1 is 1.04 bits per heavy atom. The summed E-state index contributed by atoms with van der Waals surface area (Å²) in [6, 6.07) is 13.4. The first-order chi connectivity index (χ1) is 13.3. The highest BCUT2D eigenvalue weighted by Gasteiger charge is 2.30. The fourth-order valence-corrected chi connectivity index (χ4v) is 3.94. The first-order valence-electron chi connectivity index (χ1n) is 9.26. The van der Waals surface area contributed by atoms with Gasteiger partial charge in [0.25, 0.3) is 5.91 Å². The van der Waals surface area contributed by atoms with Crippen LogP contribution in [0, 0.1) is 0 Å². The van der Waals surface area contributed by atoms with Gasteiger partial charge in [0.05, 0.1) is 23.4 Å². The zero-order chi connectivity index (χ0) is 18.2. The second-order valence-electron chi connectivity index (χ2n) is 6.87. The number of aromatic nitrogens is 4. The van der Waals surface area contributed by atoms with E-state index in [1.54, 1.807) is 16.9 Å². The zero-order valence-electron chi connectivity index (χ0n) is 14.8. The van der Waals surface area contributed by atoms with Crippen LogP contribution in [0.5, 0.6) is 0 Å². The van der Waals surface area contributed by atoms with Gasteiger partial charge in [0.2, 0.25) is 0 Å². The Bertz CT molecular complexity index is 1130. The van der Waals surface area contributed by atoms with Gasteiger partial charge in [-0.25, -0.2) is 9.50 Å². The Hall–Kier alpha value is -3.28. The van der Waals surface area contributed by atoms with Gasteiger partial charge in [0.15, 0.2) is 5.65 Å². The summed E-state index contributed by atoms with van der Waals surface area (Å²) >= 11 is 0. The number of carbonyl (C=O) groups is 1. The number of pyridine rings is 1. The number of carbonyl (C=O) groups excluding carboxylic acids is 1. The van der Waals surface area contributed by atoms with Gasteiger partial charge in [-0.2, -0.15) is 5.10 Å². The molecule has 4 aromatic rings. The van der Waals surface area contributed by atoms with Gasteiger partial charge in [-0.1, -0.05) is 12.1 Å². The maximum atomic E-state index is 13.5. The van der Waals surface area contributed by atoms with Gasteiger partial charge in [0, 0.05) is 36.0 Å². The highest BCUT2D eigenvalue weighted by atomic mass is 16.2. The molecule has 1 fully saturated rings. The Morgan fingerprint density at radius 2 is 2.00 bits per heavy atom. The minimum absolute atomic E-state index is 0.0157. The molecule has 1 saturated heterocycles. The van der Waals surface area contributed by atoms with Crippen molar-refractivity contribution >= 4 is 22.5 Å². The molecule has 6 heteroatoms. The largest absolute Gasteiger partial charge is 0.330 e. The molecule has 1 amide bonds. The molecule has 1 aliphatic rings. The first kappa shape index (κ1) is 15.9. The topological polar surface area (TPSA) is 63.4 Å². The number of amides is 1.